The van der Waals surface area contributed by atoms with Crippen molar-refractivity contribution in [1.29, 1.82) is 0 Å². The molecule has 2 N–H and O–H groups in total. The van der Waals surface area contributed by atoms with Crippen LogP contribution in [-0.4, -0.2) is 13.2 Å². The predicted octanol–water partition coefficient (Wildman–Crippen LogP) is 3.87. The molecule has 0 aliphatic rings. The van der Waals surface area contributed by atoms with Crippen LogP contribution in [0.5, 0.6) is 11.5 Å². The zero-order chi connectivity index (χ0) is 13.1. The molecule has 0 radical (unpaired) electrons. The highest BCUT2D eigenvalue weighted by Gasteiger charge is 2.17. The van der Waals surface area contributed by atoms with E-state index in [0.29, 0.717) is 35.4 Å². The molecule has 3 nitrogen and oxygen atoms in total. The molecule has 0 heterocycles. The molecule has 96 valence electrons. The number of hydrogen-bond donors (Lipinski definition) is 1. The maximum atomic E-state index is 6.26. The van der Waals surface area contributed by atoms with E-state index in [0.717, 1.165) is 10.8 Å². The van der Waals surface area contributed by atoms with Gasteiger partial charge in [-0.3, -0.25) is 0 Å². The highest BCUT2D eigenvalue weighted by molar-refractivity contribution is 6.36. The Bertz CT molecular complexity index is 519. The molecule has 0 atom stereocenters. The molecule has 0 aliphatic carbocycles. The predicted molar refractivity (Wildman–Crippen MR) is 75.7 cm³/mol. The third-order valence-electron chi connectivity index (χ3n) is 2.67. The maximum absolute atomic E-state index is 6.26. The van der Waals surface area contributed by atoms with Gasteiger partial charge in [0.1, 0.15) is 10.8 Å². The van der Waals surface area contributed by atoms with E-state index in [1.165, 1.54) is 0 Å². The van der Waals surface area contributed by atoms with Crippen LogP contribution in [0.4, 0.5) is 5.69 Å². The number of fused-ring (bicyclic) bond motifs is 1. The van der Waals surface area contributed by atoms with Gasteiger partial charge < -0.3 is 15.2 Å². The summed E-state index contributed by atoms with van der Waals surface area (Å²) in [5.74, 6) is 1.25. The Hall–Kier alpha value is -1.61. The van der Waals surface area contributed by atoms with Crippen LogP contribution in [0.2, 0.25) is 5.02 Å². The van der Waals surface area contributed by atoms with Crippen molar-refractivity contribution < 1.29 is 9.47 Å². The van der Waals surface area contributed by atoms with Crippen molar-refractivity contribution in [2.24, 2.45) is 0 Å². The average molecular weight is 266 g/mol. The zero-order valence-electron chi connectivity index (χ0n) is 10.5. The molecule has 2 rings (SSSR count). The van der Waals surface area contributed by atoms with Crippen LogP contribution >= 0.6 is 11.6 Å². The number of hydrogen-bond acceptors (Lipinski definition) is 3. The van der Waals surface area contributed by atoms with Crippen molar-refractivity contribution >= 4 is 28.1 Å². The molecule has 0 unspecified atom stereocenters. The second kappa shape index (κ2) is 5.36. The Labute approximate surface area is 111 Å². The van der Waals surface area contributed by atoms with Gasteiger partial charge in [-0.2, -0.15) is 0 Å². The van der Waals surface area contributed by atoms with Gasteiger partial charge in [-0.25, -0.2) is 0 Å². The Morgan fingerprint density at radius 1 is 1.00 bits per heavy atom. The summed E-state index contributed by atoms with van der Waals surface area (Å²) in [6.45, 7) is 4.91. The van der Waals surface area contributed by atoms with E-state index in [-0.39, 0.29) is 0 Å². The monoisotopic (exact) mass is 265 g/mol. The summed E-state index contributed by atoms with van der Waals surface area (Å²) >= 11 is 6.26. The first-order valence-electron chi connectivity index (χ1n) is 5.95. The molecule has 4 heteroatoms. The highest BCUT2D eigenvalue weighted by atomic mass is 35.5. The summed E-state index contributed by atoms with van der Waals surface area (Å²) in [5, 5.41) is 2.26. The summed E-state index contributed by atoms with van der Waals surface area (Å²) < 4.78 is 11.2. The molecule has 0 spiro atoms. The van der Waals surface area contributed by atoms with Gasteiger partial charge in [0, 0.05) is 10.8 Å². The van der Waals surface area contributed by atoms with Crippen molar-refractivity contribution in [3.05, 3.63) is 29.3 Å². The fourth-order valence-corrected chi connectivity index (χ4v) is 2.19. The molecular weight excluding hydrogens is 250 g/mol. The van der Waals surface area contributed by atoms with Crippen molar-refractivity contribution in [3.8, 4) is 11.5 Å². The standard InChI is InChI=1S/C14H16ClNO2/c1-3-17-13-9-7-5-6-8-10(9)14(18-4-2)12(16)11(13)15/h5-8H,3-4,16H2,1-2H3. The van der Waals surface area contributed by atoms with Crippen LogP contribution < -0.4 is 15.2 Å². The number of rotatable bonds is 4. The largest absolute Gasteiger partial charge is 0.492 e. The minimum atomic E-state index is 0.416. The molecule has 0 aliphatic heterocycles. The van der Waals surface area contributed by atoms with Crippen LogP contribution in [-0.2, 0) is 0 Å². The number of ether oxygens (including phenoxy) is 2. The van der Waals surface area contributed by atoms with Crippen molar-refractivity contribution in [2.45, 2.75) is 13.8 Å². The van der Waals surface area contributed by atoms with Gasteiger partial charge in [-0.15, -0.1) is 0 Å². The lowest BCUT2D eigenvalue weighted by molar-refractivity contribution is 0.338. The van der Waals surface area contributed by atoms with Gasteiger partial charge in [0.05, 0.1) is 18.9 Å². The number of benzene rings is 2. The second-order valence-corrected chi connectivity index (χ2v) is 4.18. The van der Waals surface area contributed by atoms with Gasteiger partial charge in [0.2, 0.25) is 0 Å². The van der Waals surface area contributed by atoms with Gasteiger partial charge in [-0.05, 0) is 13.8 Å². The Morgan fingerprint density at radius 2 is 1.50 bits per heavy atom. The van der Waals surface area contributed by atoms with E-state index in [9.17, 15) is 0 Å². The molecule has 0 saturated carbocycles. The van der Waals surface area contributed by atoms with Crippen molar-refractivity contribution in [1.82, 2.24) is 0 Å². The summed E-state index contributed by atoms with van der Waals surface area (Å²) in [6, 6.07) is 7.78. The lowest BCUT2D eigenvalue weighted by Crippen LogP contribution is -2.02. The average Bonchev–Trinajstić information content (AvgIpc) is 2.40. The van der Waals surface area contributed by atoms with E-state index in [1.54, 1.807) is 0 Å². The third-order valence-corrected chi connectivity index (χ3v) is 3.05. The molecule has 0 aromatic heterocycles. The highest BCUT2D eigenvalue weighted by Crippen LogP contribution is 2.45. The molecule has 2 aromatic rings. The normalized spacial score (nSPS) is 10.6. The van der Waals surface area contributed by atoms with Gasteiger partial charge in [0.15, 0.2) is 5.75 Å². The summed E-state index contributed by atoms with van der Waals surface area (Å²) in [7, 11) is 0. The summed E-state index contributed by atoms with van der Waals surface area (Å²) in [4.78, 5) is 0. The van der Waals surface area contributed by atoms with Crippen LogP contribution in [0.1, 0.15) is 13.8 Å². The van der Waals surface area contributed by atoms with E-state index in [4.69, 9.17) is 26.8 Å². The maximum Gasteiger partial charge on any atom is 0.151 e. The van der Waals surface area contributed by atoms with Crippen LogP contribution in [0, 0.1) is 0 Å². The van der Waals surface area contributed by atoms with Crippen molar-refractivity contribution in [3.63, 3.8) is 0 Å². The zero-order valence-corrected chi connectivity index (χ0v) is 11.3. The second-order valence-electron chi connectivity index (χ2n) is 3.80. The van der Waals surface area contributed by atoms with E-state index >= 15 is 0 Å². The van der Waals surface area contributed by atoms with Crippen molar-refractivity contribution in [2.75, 3.05) is 18.9 Å². The fraction of sp³-hybridized carbons (Fsp3) is 0.286. The van der Waals surface area contributed by atoms with Gasteiger partial charge >= 0.3 is 0 Å². The Balaban J connectivity index is 2.79. The van der Waals surface area contributed by atoms with Gasteiger partial charge in [-0.1, -0.05) is 35.9 Å². The molecule has 0 saturated heterocycles. The summed E-state index contributed by atoms with van der Waals surface area (Å²) in [6.07, 6.45) is 0. The third kappa shape index (κ3) is 2.06. The number of nitrogen functional groups attached to an aromatic ring is 1. The van der Waals surface area contributed by atoms with Gasteiger partial charge in [0.25, 0.3) is 0 Å². The topological polar surface area (TPSA) is 44.5 Å². The molecule has 0 bridgehead atoms. The smallest absolute Gasteiger partial charge is 0.151 e. The number of halogens is 1. The lowest BCUT2D eigenvalue weighted by atomic mass is 10.1. The first-order valence-corrected chi connectivity index (χ1v) is 6.33. The molecule has 18 heavy (non-hydrogen) atoms. The number of anilines is 1. The molecule has 0 fully saturated rings. The first kappa shape index (κ1) is 12.8. The lowest BCUT2D eigenvalue weighted by Gasteiger charge is -2.16. The Kier molecular flexibility index (Phi) is 3.82. The minimum Gasteiger partial charge on any atom is -0.492 e. The SMILES string of the molecule is CCOc1c(N)c(Cl)c(OCC)c2ccccc12. The van der Waals surface area contributed by atoms with Crippen LogP contribution in [0.25, 0.3) is 10.8 Å². The summed E-state index contributed by atoms with van der Waals surface area (Å²) in [5.41, 5.74) is 6.46. The Morgan fingerprint density at radius 3 is 2.06 bits per heavy atom. The van der Waals surface area contributed by atoms with E-state index in [1.807, 2.05) is 38.1 Å². The van der Waals surface area contributed by atoms with E-state index < -0.39 is 0 Å². The molecule has 2 aromatic carbocycles. The number of nitrogens with two attached hydrogens (primary N) is 1. The first-order chi connectivity index (χ1) is 8.70. The van der Waals surface area contributed by atoms with Crippen LogP contribution in [0.3, 0.4) is 0 Å². The minimum absolute atomic E-state index is 0.416. The van der Waals surface area contributed by atoms with Crippen LogP contribution in [0.15, 0.2) is 24.3 Å². The molecular formula is C14H16ClNO2. The van der Waals surface area contributed by atoms with E-state index in [2.05, 4.69) is 0 Å². The molecule has 0 amide bonds. The quantitative estimate of drug-likeness (QED) is 0.854. The fourth-order valence-electron chi connectivity index (χ4n) is 1.95.